The molecule has 23 heavy (non-hydrogen) atoms. The molecule has 0 saturated heterocycles. The number of rotatable bonds is 6. The SMILES string of the molecule is C#CCOc1ccc(NC(=O)NC(c2nccs2)C2CC2)cc1. The summed E-state index contributed by atoms with van der Waals surface area (Å²) in [6.45, 7) is 0.226. The van der Waals surface area contributed by atoms with E-state index in [0.29, 0.717) is 17.4 Å². The Morgan fingerprint density at radius 3 is 2.83 bits per heavy atom. The lowest BCUT2D eigenvalue weighted by Gasteiger charge is -2.16. The largest absolute Gasteiger partial charge is 0.481 e. The molecule has 1 aliphatic carbocycles. The first kappa shape index (κ1) is 15.4. The van der Waals surface area contributed by atoms with Crippen molar-refractivity contribution >= 4 is 23.1 Å². The van der Waals surface area contributed by atoms with E-state index in [1.165, 1.54) is 0 Å². The zero-order chi connectivity index (χ0) is 16.1. The Kier molecular flexibility index (Phi) is 4.79. The van der Waals surface area contributed by atoms with E-state index in [-0.39, 0.29) is 18.7 Å². The monoisotopic (exact) mass is 327 g/mol. The number of carbonyl (C=O) groups excluding carboxylic acids is 1. The summed E-state index contributed by atoms with van der Waals surface area (Å²) in [6, 6.07) is 6.86. The van der Waals surface area contributed by atoms with Crippen LogP contribution in [0.2, 0.25) is 0 Å². The molecular weight excluding hydrogens is 310 g/mol. The van der Waals surface area contributed by atoms with Crippen LogP contribution < -0.4 is 15.4 Å². The quantitative estimate of drug-likeness (QED) is 0.799. The first-order chi connectivity index (χ1) is 11.3. The minimum absolute atomic E-state index is 0.00626. The molecule has 2 aromatic rings. The van der Waals surface area contributed by atoms with Crippen LogP contribution in [0.15, 0.2) is 35.8 Å². The number of hydrogen-bond donors (Lipinski definition) is 2. The summed E-state index contributed by atoms with van der Waals surface area (Å²) >= 11 is 1.57. The minimum atomic E-state index is -0.227. The zero-order valence-electron chi connectivity index (χ0n) is 12.5. The molecular formula is C17H17N3O2S. The van der Waals surface area contributed by atoms with Crippen molar-refractivity contribution < 1.29 is 9.53 Å². The van der Waals surface area contributed by atoms with Crippen LogP contribution in [0.3, 0.4) is 0 Å². The molecule has 1 unspecified atom stereocenters. The highest BCUT2D eigenvalue weighted by Crippen LogP contribution is 2.41. The highest BCUT2D eigenvalue weighted by Gasteiger charge is 2.34. The number of benzene rings is 1. The number of nitrogens with zero attached hydrogens (tertiary/aromatic N) is 1. The van der Waals surface area contributed by atoms with E-state index in [0.717, 1.165) is 17.8 Å². The van der Waals surface area contributed by atoms with Crippen molar-refractivity contribution in [1.82, 2.24) is 10.3 Å². The fraction of sp³-hybridized carbons (Fsp3) is 0.294. The van der Waals surface area contributed by atoms with Crippen LogP contribution in [0.1, 0.15) is 23.9 Å². The lowest BCUT2D eigenvalue weighted by atomic mass is 10.2. The molecule has 0 radical (unpaired) electrons. The van der Waals surface area contributed by atoms with Crippen molar-refractivity contribution in [3.05, 3.63) is 40.8 Å². The third kappa shape index (κ3) is 4.24. The predicted octanol–water partition coefficient (Wildman–Crippen LogP) is 3.43. The molecule has 1 aromatic heterocycles. The summed E-state index contributed by atoms with van der Waals surface area (Å²) in [4.78, 5) is 16.5. The molecule has 1 heterocycles. The van der Waals surface area contributed by atoms with Gasteiger partial charge in [-0.25, -0.2) is 9.78 Å². The maximum Gasteiger partial charge on any atom is 0.319 e. The molecule has 6 heteroatoms. The van der Waals surface area contributed by atoms with E-state index in [4.69, 9.17) is 11.2 Å². The van der Waals surface area contributed by atoms with Gasteiger partial charge in [-0.15, -0.1) is 17.8 Å². The van der Waals surface area contributed by atoms with Gasteiger partial charge in [0.25, 0.3) is 0 Å². The van der Waals surface area contributed by atoms with E-state index in [9.17, 15) is 4.79 Å². The average molecular weight is 327 g/mol. The van der Waals surface area contributed by atoms with Crippen molar-refractivity contribution in [3.8, 4) is 18.1 Å². The molecule has 3 rings (SSSR count). The molecule has 118 valence electrons. The second-order valence-electron chi connectivity index (χ2n) is 5.30. The van der Waals surface area contributed by atoms with Crippen LogP contribution in [0.25, 0.3) is 0 Å². The third-order valence-electron chi connectivity index (χ3n) is 3.53. The smallest absolute Gasteiger partial charge is 0.319 e. The van der Waals surface area contributed by atoms with Crippen molar-refractivity contribution in [3.63, 3.8) is 0 Å². The summed E-state index contributed by atoms with van der Waals surface area (Å²) in [5.74, 6) is 3.57. The third-order valence-corrected chi connectivity index (χ3v) is 4.39. The number of amides is 2. The molecule has 1 aliphatic rings. The van der Waals surface area contributed by atoms with Crippen LogP contribution in [-0.2, 0) is 0 Å². The summed E-state index contributed by atoms with van der Waals surface area (Å²) in [7, 11) is 0. The van der Waals surface area contributed by atoms with Crippen molar-refractivity contribution in [2.45, 2.75) is 18.9 Å². The second-order valence-corrected chi connectivity index (χ2v) is 6.23. The number of anilines is 1. The zero-order valence-corrected chi connectivity index (χ0v) is 13.3. The van der Waals surface area contributed by atoms with Gasteiger partial charge in [-0.3, -0.25) is 0 Å². The van der Waals surface area contributed by atoms with Crippen LogP contribution in [0.4, 0.5) is 10.5 Å². The number of carbonyl (C=O) groups is 1. The number of nitrogens with one attached hydrogen (secondary N) is 2. The van der Waals surface area contributed by atoms with Gasteiger partial charge in [-0.1, -0.05) is 5.92 Å². The Bertz CT molecular complexity index is 688. The fourth-order valence-electron chi connectivity index (χ4n) is 2.27. The Hall–Kier alpha value is -2.52. The van der Waals surface area contributed by atoms with E-state index < -0.39 is 0 Å². The Labute approximate surface area is 139 Å². The van der Waals surface area contributed by atoms with Gasteiger partial charge in [0.1, 0.15) is 17.4 Å². The molecule has 5 nitrogen and oxygen atoms in total. The summed E-state index contributed by atoms with van der Waals surface area (Å²) in [6.07, 6.45) is 9.17. The van der Waals surface area contributed by atoms with Gasteiger partial charge >= 0.3 is 6.03 Å². The number of thiazole rings is 1. The Morgan fingerprint density at radius 2 is 2.22 bits per heavy atom. The van der Waals surface area contributed by atoms with Gasteiger partial charge in [0.2, 0.25) is 0 Å². The van der Waals surface area contributed by atoms with Crippen LogP contribution in [-0.4, -0.2) is 17.6 Å². The van der Waals surface area contributed by atoms with Crippen LogP contribution in [0, 0.1) is 18.3 Å². The maximum absolute atomic E-state index is 12.2. The molecule has 0 spiro atoms. The van der Waals surface area contributed by atoms with Crippen molar-refractivity contribution in [2.75, 3.05) is 11.9 Å². The Balaban J connectivity index is 1.57. The number of terminal acetylenes is 1. The first-order valence-corrected chi connectivity index (χ1v) is 8.27. The molecule has 0 aliphatic heterocycles. The van der Waals surface area contributed by atoms with Gasteiger partial charge < -0.3 is 15.4 Å². The van der Waals surface area contributed by atoms with Crippen LogP contribution in [0.5, 0.6) is 5.75 Å². The van der Waals surface area contributed by atoms with E-state index in [1.807, 2.05) is 5.38 Å². The van der Waals surface area contributed by atoms with Gasteiger partial charge in [0.15, 0.2) is 0 Å². The number of aromatic nitrogens is 1. The lowest BCUT2D eigenvalue weighted by molar-refractivity contribution is 0.247. The standard InChI is InChI=1S/C17H17N3O2S/c1-2-10-22-14-7-5-13(6-8-14)19-17(21)20-15(12-3-4-12)16-18-9-11-23-16/h1,5-9,11-12,15H,3-4,10H2,(H2,19,20,21). The summed E-state index contributed by atoms with van der Waals surface area (Å²) < 4.78 is 5.30. The van der Waals surface area contributed by atoms with Gasteiger partial charge in [-0.2, -0.15) is 0 Å². The fourth-order valence-corrected chi connectivity index (χ4v) is 3.05. The highest BCUT2D eigenvalue weighted by molar-refractivity contribution is 7.09. The predicted molar refractivity (Wildman–Crippen MR) is 90.5 cm³/mol. The summed E-state index contributed by atoms with van der Waals surface area (Å²) in [5, 5.41) is 8.74. The molecule has 2 N–H and O–H groups in total. The second kappa shape index (κ2) is 7.16. The molecule has 1 saturated carbocycles. The molecule has 1 fully saturated rings. The van der Waals surface area contributed by atoms with Gasteiger partial charge in [0, 0.05) is 17.3 Å². The lowest BCUT2D eigenvalue weighted by Crippen LogP contribution is -2.33. The van der Waals surface area contributed by atoms with E-state index in [1.54, 1.807) is 41.8 Å². The molecule has 1 aromatic carbocycles. The van der Waals surface area contributed by atoms with Crippen LogP contribution >= 0.6 is 11.3 Å². The Morgan fingerprint density at radius 1 is 1.43 bits per heavy atom. The molecule has 2 amide bonds. The van der Waals surface area contributed by atoms with Crippen molar-refractivity contribution in [2.24, 2.45) is 5.92 Å². The minimum Gasteiger partial charge on any atom is -0.481 e. The normalized spacial score (nSPS) is 14.6. The molecule has 0 bridgehead atoms. The van der Waals surface area contributed by atoms with E-state index in [2.05, 4.69) is 21.5 Å². The first-order valence-electron chi connectivity index (χ1n) is 7.39. The highest BCUT2D eigenvalue weighted by atomic mass is 32.1. The summed E-state index contributed by atoms with van der Waals surface area (Å²) in [5.41, 5.74) is 0.698. The average Bonchev–Trinajstić information content (AvgIpc) is 3.26. The van der Waals surface area contributed by atoms with Gasteiger partial charge in [-0.05, 0) is 43.0 Å². The molecule has 1 atom stereocenters. The number of hydrogen-bond acceptors (Lipinski definition) is 4. The number of urea groups is 1. The number of ether oxygens (including phenoxy) is 1. The maximum atomic E-state index is 12.2. The van der Waals surface area contributed by atoms with Gasteiger partial charge in [0.05, 0.1) is 6.04 Å². The van der Waals surface area contributed by atoms with Crippen molar-refractivity contribution in [1.29, 1.82) is 0 Å². The topological polar surface area (TPSA) is 63.2 Å². The van der Waals surface area contributed by atoms with E-state index >= 15 is 0 Å².